The van der Waals surface area contributed by atoms with Crippen LogP contribution in [0.5, 0.6) is 0 Å². The summed E-state index contributed by atoms with van der Waals surface area (Å²) in [7, 11) is 0. The molecule has 42 valence electrons. The Hall–Kier alpha value is -0.0800. The summed E-state index contributed by atoms with van der Waals surface area (Å²) in [6.07, 6.45) is 2.25. The van der Waals surface area contributed by atoms with Crippen LogP contribution in [0, 0.1) is 5.21 Å². The van der Waals surface area contributed by atoms with Crippen LogP contribution in [0.2, 0.25) is 0 Å². The van der Waals surface area contributed by atoms with Gasteiger partial charge in [-0.3, -0.25) is 0 Å². The van der Waals surface area contributed by atoms with E-state index in [-0.39, 0.29) is 0 Å². The van der Waals surface area contributed by atoms with Gasteiger partial charge in [0, 0.05) is 12.8 Å². The Morgan fingerprint density at radius 2 is 2.43 bits per heavy atom. The van der Waals surface area contributed by atoms with Crippen LogP contribution in [0.25, 0.3) is 0 Å². The van der Waals surface area contributed by atoms with Crippen molar-refractivity contribution in [2.45, 2.75) is 25.8 Å². The first-order valence-corrected chi connectivity index (χ1v) is 2.83. The van der Waals surface area contributed by atoms with Gasteiger partial charge in [-0.2, -0.15) is 0 Å². The lowest BCUT2D eigenvalue weighted by Gasteiger charge is -2.19. The third-order valence-corrected chi connectivity index (χ3v) is 1.61. The van der Waals surface area contributed by atoms with Gasteiger partial charge in [0.25, 0.3) is 0 Å². The summed E-state index contributed by atoms with van der Waals surface area (Å²) in [5.74, 6) is 0. The molecule has 1 saturated heterocycles. The van der Waals surface area contributed by atoms with Crippen molar-refractivity contribution in [3.05, 3.63) is 5.21 Å². The fourth-order valence-corrected chi connectivity index (χ4v) is 0.990. The maximum atomic E-state index is 10.6. The predicted octanol–water partition coefficient (Wildman–Crippen LogP) is -0.449. The van der Waals surface area contributed by atoms with Crippen molar-refractivity contribution in [2.75, 3.05) is 6.54 Å². The minimum absolute atomic E-state index is 0.375. The maximum absolute atomic E-state index is 10.6. The van der Waals surface area contributed by atoms with E-state index in [1.54, 1.807) is 0 Å². The van der Waals surface area contributed by atoms with Crippen molar-refractivity contribution >= 4 is 0 Å². The summed E-state index contributed by atoms with van der Waals surface area (Å²) < 4.78 is 0. The molecule has 0 aromatic rings. The largest absolute Gasteiger partial charge is 0.634 e. The Morgan fingerprint density at radius 1 is 1.71 bits per heavy atom. The smallest absolute Gasteiger partial charge is 0.0845 e. The summed E-state index contributed by atoms with van der Waals surface area (Å²) in [5, 5.41) is 11.0. The van der Waals surface area contributed by atoms with Gasteiger partial charge in [0.05, 0.1) is 12.6 Å². The lowest BCUT2D eigenvalue weighted by Crippen LogP contribution is -3.08. The Morgan fingerprint density at radius 3 is 2.57 bits per heavy atom. The van der Waals surface area contributed by atoms with E-state index in [2.05, 4.69) is 0 Å². The molecule has 1 aliphatic rings. The monoisotopic (exact) mass is 101 g/mol. The normalized spacial score (nSPS) is 42.0. The fourth-order valence-electron chi connectivity index (χ4n) is 0.990. The molecule has 0 saturated carbocycles. The second-order valence-corrected chi connectivity index (χ2v) is 2.26. The molecule has 1 aliphatic heterocycles. The van der Waals surface area contributed by atoms with Gasteiger partial charge in [-0.1, -0.05) is 0 Å². The van der Waals surface area contributed by atoms with Crippen molar-refractivity contribution < 1.29 is 5.06 Å². The molecule has 2 nitrogen and oxygen atoms in total. The van der Waals surface area contributed by atoms with E-state index in [9.17, 15) is 5.21 Å². The van der Waals surface area contributed by atoms with Gasteiger partial charge >= 0.3 is 0 Å². The minimum atomic E-state index is 0.375. The van der Waals surface area contributed by atoms with E-state index >= 15 is 0 Å². The molecule has 2 unspecified atom stereocenters. The van der Waals surface area contributed by atoms with Crippen molar-refractivity contribution in [1.29, 1.82) is 0 Å². The molecule has 0 amide bonds. The van der Waals surface area contributed by atoms with Crippen molar-refractivity contribution in [3.8, 4) is 0 Å². The molecule has 0 spiro atoms. The SMILES string of the molecule is CC1CCC[NH+]1[O-]. The quantitative estimate of drug-likeness (QED) is 0.411. The summed E-state index contributed by atoms with van der Waals surface area (Å²) in [5.41, 5.74) is 0. The van der Waals surface area contributed by atoms with Crippen LogP contribution in [0.4, 0.5) is 0 Å². The Balaban J connectivity index is 2.33. The van der Waals surface area contributed by atoms with Crippen LogP contribution in [-0.2, 0) is 0 Å². The molecule has 0 bridgehead atoms. The molecule has 1 heterocycles. The number of nitrogens with one attached hydrogen (secondary N) is 1. The van der Waals surface area contributed by atoms with Crippen LogP contribution >= 0.6 is 0 Å². The van der Waals surface area contributed by atoms with Crippen molar-refractivity contribution in [3.63, 3.8) is 0 Å². The number of quaternary nitrogens is 1. The van der Waals surface area contributed by atoms with Gasteiger partial charge < -0.3 is 10.3 Å². The Labute approximate surface area is 43.7 Å². The summed E-state index contributed by atoms with van der Waals surface area (Å²) >= 11 is 0. The first kappa shape index (κ1) is 5.06. The maximum Gasteiger partial charge on any atom is 0.0845 e. The van der Waals surface area contributed by atoms with Crippen LogP contribution < -0.4 is 5.06 Å². The standard InChI is InChI=1S/C5H11NO/c1-5-3-2-4-6(5)7/h5-6H,2-4H2,1H3. The van der Waals surface area contributed by atoms with E-state index in [1.165, 1.54) is 0 Å². The predicted molar refractivity (Wildman–Crippen MR) is 27.9 cm³/mol. The minimum Gasteiger partial charge on any atom is -0.634 e. The molecule has 0 aromatic carbocycles. The zero-order valence-corrected chi connectivity index (χ0v) is 4.61. The van der Waals surface area contributed by atoms with Crippen molar-refractivity contribution in [1.82, 2.24) is 0 Å². The first-order valence-electron chi connectivity index (χ1n) is 2.83. The Kier molecular flexibility index (Phi) is 1.30. The van der Waals surface area contributed by atoms with E-state index in [1.807, 2.05) is 6.92 Å². The second kappa shape index (κ2) is 1.80. The van der Waals surface area contributed by atoms with Gasteiger partial charge in [0.1, 0.15) is 0 Å². The topological polar surface area (TPSA) is 27.5 Å². The lowest BCUT2D eigenvalue weighted by atomic mass is 10.3. The highest BCUT2D eigenvalue weighted by molar-refractivity contribution is 4.54. The molecule has 0 radical (unpaired) electrons. The fraction of sp³-hybridized carbons (Fsp3) is 1.00. The number of hydrogen-bond donors (Lipinski definition) is 1. The molecule has 1 rings (SSSR count). The highest BCUT2D eigenvalue weighted by Gasteiger charge is 2.15. The summed E-state index contributed by atoms with van der Waals surface area (Å²) in [6, 6.07) is 0.375. The molecule has 7 heavy (non-hydrogen) atoms. The van der Waals surface area contributed by atoms with E-state index in [0.717, 1.165) is 19.4 Å². The number of rotatable bonds is 0. The zero-order chi connectivity index (χ0) is 5.28. The summed E-state index contributed by atoms with van der Waals surface area (Å²) in [4.78, 5) is 0. The van der Waals surface area contributed by atoms with Crippen LogP contribution in [0.1, 0.15) is 19.8 Å². The molecule has 1 fully saturated rings. The van der Waals surface area contributed by atoms with Crippen LogP contribution in [-0.4, -0.2) is 12.6 Å². The second-order valence-electron chi connectivity index (χ2n) is 2.26. The molecule has 0 aromatic heterocycles. The third kappa shape index (κ3) is 0.924. The van der Waals surface area contributed by atoms with Gasteiger partial charge in [0.15, 0.2) is 0 Å². The lowest BCUT2D eigenvalue weighted by molar-refractivity contribution is -0.858. The molecule has 0 aliphatic carbocycles. The first-order chi connectivity index (χ1) is 3.30. The molecular formula is C5H11NO. The van der Waals surface area contributed by atoms with E-state index < -0.39 is 0 Å². The average Bonchev–Trinajstić information content (AvgIpc) is 1.91. The zero-order valence-electron chi connectivity index (χ0n) is 4.61. The van der Waals surface area contributed by atoms with Gasteiger partial charge in [0.2, 0.25) is 0 Å². The molecule has 2 atom stereocenters. The highest BCUT2D eigenvalue weighted by atomic mass is 16.5. The average molecular weight is 101 g/mol. The van der Waals surface area contributed by atoms with E-state index in [0.29, 0.717) is 11.1 Å². The molecule has 2 heteroatoms. The van der Waals surface area contributed by atoms with Gasteiger partial charge in [-0.15, -0.1) is 0 Å². The number of hydroxylamine groups is 2. The summed E-state index contributed by atoms with van der Waals surface area (Å²) in [6.45, 7) is 2.84. The highest BCUT2D eigenvalue weighted by Crippen LogP contribution is 1.95. The molecular weight excluding hydrogens is 90.1 g/mol. The number of hydrogen-bond acceptors (Lipinski definition) is 1. The van der Waals surface area contributed by atoms with Crippen molar-refractivity contribution in [2.24, 2.45) is 0 Å². The van der Waals surface area contributed by atoms with Gasteiger partial charge in [-0.25, -0.2) is 0 Å². The Bertz CT molecular complexity index is 57.1. The van der Waals surface area contributed by atoms with E-state index in [4.69, 9.17) is 0 Å². The third-order valence-electron chi connectivity index (χ3n) is 1.61. The van der Waals surface area contributed by atoms with Gasteiger partial charge in [-0.05, 0) is 6.92 Å². The van der Waals surface area contributed by atoms with Crippen LogP contribution in [0.15, 0.2) is 0 Å². The van der Waals surface area contributed by atoms with Crippen LogP contribution in [0.3, 0.4) is 0 Å². The molecule has 1 N–H and O–H groups in total.